The molecule has 0 heterocycles. The highest BCUT2D eigenvalue weighted by Crippen LogP contribution is 2.18. The van der Waals surface area contributed by atoms with Crippen LogP contribution in [-0.4, -0.2) is 17.1 Å². The van der Waals surface area contributed by atoms with Gasteiger partial charge in [0.15, 0.2) is 0 Å². The van der Waals surface area contributed by atoms with Crippen LogP contribution in [0.15, 0.2) is 18.2 Å². The molecule has 1 aromatic carbocycles. The Balaban J connectivity index is 3.14. The zero-order valence-electron chi connectivity index (χ0n) is 6.95. The van der Waals surface area contributed by atoms with Crippen LogP contribution in [0.3, 0.4) is 0 Å². The molecule has 0 radical (unpaired) electrons. The van der Waals surface area contributed by atoms with Crippen LogP contribution in [0.1, 0.15) is 10.4 Å². The molecular formula is C8H7IN2O3. The van der Waals surface area contributed by atoms with Gasteiger partial charge in [-0.3, -0.25) is 0 Å². The lowest BCUT2D eigenvalue weighted by Gasteiger charge is -2.05. The minimum Gasteiger partial charge on any atom is -0.478 e. The van der Waals surface area contributed by atoms with Crippen molar-refractivity contribution in [2.45, 2.75) is 0 Å². The molecular weight excluding hydrogens is 299 g/mol. The van der Waals surface area contributed by atoms with Crippen molar-refractivity contribution in [3.8, 4) is 0 Å². The molecule has 0 aliphatic heterocycles. The summed E-state index contributed by atoms with van der Waals surface area (Å²) in [6, 6.07) is 3.84. The average Bonchev–Trinajstić information content (AvgIpc) is 2.07. The third kappa shape index (κ3) is 2.59. The van der Waals surface area contributed by atoms with E-state index in [0.29, 0.717) is 0 Å². The number of aromatic carboxylic acids is 1. The number of hydrogen-bond donors (Lipinski definition) is 3. The molecule has 0 bridgehead atoms. The minimum atomic E-state index is -1.10. The first-order valence-corrected chi connectivity index (χ1v) is 4.68. The number of hydrogen-bond acceptors (Lipinski definition) is 2. The molecule has 5 nitrogen and oxygen atoms in total. The summed E-state index contributed by atoms with van der Waals surface area (Å²) in [7, 11) is 0. The predicted octanol–water partition coefficient (Wildman–Crippen LogP) is 1.48. The minimum absolute atomic E-state index is 0.0238. The van der Waals surface area contributed by atoms with E-state index in [1.54, 1.807) is 6.07 Å². The largest absolute Gasteiger partial charge is 0.478 e. The summed E-state index contributed by atoms with van der Waals surface area (Å²) in [5.74, 6) is -1.10. The third-order valence-electron chi connectivity index (χ3n) is 1.47. The van der Waals surface area contributed by atoms with Crippen molar-refractivity contribution in [1.82, 2.24) is 0 Å². The highest BCUT2D eigenvalue weighted by atomic mass is 127. The van der Waals surface area contributed by atoms with E-state index in [9.17, 15) is 9.59 Å². The first-order valence-electron chi connectivity index (χ1n) is 3.60. The second-order valence-electron chi connectivity index (χ2n) is 2.48. The Morgan fingerprint density at radius 2 is 2.07 bits per heavy atom. The first-order chi connectivity index (χ1) is 6.50. The number of urea groups is 1. The van der Waals surface area contributed by atoms with Gasteiger partial charge in [-0.25, -0.2) is 9.59 Å². The number of primary amides is 1. The topological polar surface area (TPSA) is 92.4 Å². The lowest BCUT2D eigenvalue weighted by molar-refractivity contribution is 0.0698. The molecule has 0 unspecified atom stereocenters. The van der Waals surface area contributed by atoms with Crippen molar-refractivity contribution in [3.63, 3.8) is 0 Å². The molecule has 0 atom stereocenters. The summed E-state index contributed by atoms with van der Waals surface area (Å²) < 4.78 is 0.773. The van der Waals surface area contributed by atoms with E-state index < -0.39 is 12.0 Å². The van der Waals surface area contributed by atoms with Crippen LogP contribution in [0, 0.1) is 3.57 Å². The summed E-state index contributed by atoms with van der Waals surface area (Å²) in [6.45, 7) is 0. The molecule has 0 aromatic heterocycles. The summed E-state index contributed by atoms with van der Waals surface area (Å²) >= 11 is 1.98. The predicted molar refractivity (Wildman–Crippen MR) is 59.3 cm³/mol. The lowest BCUT2D eigenvalue weighted by Crippen LogP contribution is -2.21. The van der Waals surface area contributed by atoms with Gasteiger partial charge in [0, 0.05) is 3.57 Å². The molecule has 0 fully saturated rings. The van der Waals surface area contributed by atoms with Gasteiger partial charge in [0.2, 0.25) is 0 Å². The van der Waals surface area contributed by atoms with Gasteiger partial charge in [-0.05, 0) is 40.8 Å². The van der Waals surface area contributed by atoms with Crippen LogP contribution in [0.2, 0.25) is 0 Å². The van der Waals surface area contributed by atoms with Gasteiger partial charge >= 0.3 is 12.0 Å². The first kappa shape index (κ1) is 10.8. The number of nitrogens with two attached hydrogens (primary N) is 1. The van der Waals surface area contributed by atoms with Gasteiger partial charge < -0.3 is 16.2 Å². The van der Waals surface area contributed by atoms with Gasteiger partial charge in [-0.1, -0.05) is 0 Å². The summed E-state index contributed by atoms with van der Waals surface area (Å²) in [5, 5.41) is 11.0. The molecule has 0 aliphatic carbocycles. The molecule has 4 N–H and O–H groups in total. The number of carbonyl (C=O) groups excluding carboxylic acids is 1. The maximum atomic E-state index is 10.8. The van der Waals surface area contributed by atoms with Crippen molar-refractivity contribution in [2.24, 2.45) is 5.73 Å². The second kappa shape index (κ2) is 4.27. The summed E-state index contributed by atoms with van der Waals surface area (Å²) in [4.78, 5) is 21.3. The third-order valence-corrected chi connectivity index (χ3v) is 2.14. The SMILES string of the molecule is NC(=O)Nc1ccc(I)cc1C(=O)O. The van der Waals surface area contributed by atoms with Gasteiger partial charge in [-0.2, -0.15) is 0 Å². The Morgan fingerprint density at radius 1 is 1.43 bits per heavy atom. The van der Waals surface area contributed by atoms with Gasteiger partial charge in [-0.15, -0.1) is 0 Å². The molecule has 1 aromatic rings. The van der Waals surface area contributed by atoms with Gasteiger partial charge in [0.05, 0.1) is 11.3 Å². The summed E-state index contributed by atoms with van der Waals surface area (Å²) in [6.07, 6.45) is 0. The number of carbonyl (C=O) groups is 2. The maximum absolute atomic E-state index is 10.8. The standard InChI is InChI=1S/C8H7IN2O3/c9-4-1-2-6(11-8(10)14)5(3-4)7(12)13/h1-3H,(H,12,13)(H3,10,11,14). The van der Waals surface area contributed by atoms with Crippen molar-refractivity contribution >= 4 is 40.3 Å². The number of carboxylic acids is 1. The fraction of sp³-hybridized carbons (Fsp3) is 0. The Labute approximate surface area is 93.4 Å². The number of carboxylic acid groups (broad SMARTS) is 1. The maximum Gasteiger partial charge on any atom is 0.337 e. The Morgan fingerprint density at radius 3 is 2.57 bits per heavy atom. The number of nitrogens with one attached hydrogen (secondary N) is 1. The number of rotatable bonds is 2. The lowest BCUT2D eigenvalue weighted by atomic mass is 10.2. The van der Waals surface area contributed by atoms with Crippen LogP contribution in [0.5, 0.6) is 0 Å². The normalized spacial score (nSPS) is 9.50. The second-order valence-corrected chi connectivity index (χ2v) is 3.73. The van der Waals surface area contributed by atoms with Crippen LogP contribution in [0.25, 0.3) is 0 Å². The molecule has 2 amide bonds. The number of benzene rings is 1. The van der Waals surface area contributed by atoms with E-state index in [4.69, 9.17) is 10.8 Å². The Hall–Kier alpha value is -1.31. The summed E-state index contributed by atoms with van der Waals surface area (Å²) in [5.41, 5.74) is 5.11. The monoisotopic (exact) mass is 306 g/mol. The van der Waals surface area contributed by atoms with E-state index in [1.807, 2.05) is 22.6 Å². The molecule has 0 spiro atoms. The quantitative estimate of drug-likeness (QED) is 0.723. The van der Waals surface area contributed by atoms with Crippen LogP contribution in [-0.2, 0) is 0 Å². The molecule has 74 valence electrons. The molecule has 0 aliphatic rings. The van der Waals surface area contributed by atoms with E-state index in [-0.39, 0.29) is 11.3 Å². The molecule has 0 saturated carbocycles. The average molecular weight is 306 g/mol. The fourth-order valence-electron chi connectivity index (χ4n) is 0.935. The van der Waals surface area contributed by atoms with E-state index in [0.717, 1.165) is 3.57 Å². The number of amides is 2. The Kier molecular flexibility index (Phi) is 3.28. The fourth-order valence-corrected chi connectivity index (χ4v) is 1.43. The van der Waals surface area contributed by atoms with Gasteiger partial charge in [0.25, 0.3) is 0 Å². The number of anilines is 1. The van der Waals surface area contributed by atoms with Crippen molar-refractivity contribution < 1.29 is 14.7 Å². The molecule has 0 saturated heterocycles. The van der Waals surface area contributed by atoms with E-state index in [2.05, 4.69) is 5.32 Å². The van der Waals surface area contributed by atoms with Gasteiger partial charge in [0.1, 0.15) is 0 Å². The number of halogens is 1. The van der Waals surface area contributed by atoms with E-state index >= 15 is 0 Å². The van der Waals surface area contributed by atoms with Crippen molar-refractivity contribution in [3.05, 3.63) is 27.3 Å². The Bertz CT molecular complexity index is 392. The molecule has 14 heavy (non-hydrogen) atoms. The zero-order chi connectivity index (χ0) is 10.7. The molecule has 1 rings (SSSR count). The van der Waals surface area contributed by atoms with E-state index in [1.165, 1.54) is 12.1 Å². The van der Waals surface area contributed by atoms with Crippen LogP contribution in [0.4, 0.5) is 10.5 Å². The highest BCUT2D eigenvalue weighted by Gasteiger charge is 2.11. The zero-order valence-corrected chi connectivity index (χ0v) is 9.11. The smallest absolute Gasteiger partial charge is 0.337 e. The van der Waals surface area contributed by atoms with Crippen LogP contribution >= 0.6 is 22.6 Å². The molecule has 6 heteroatoms. The van der Waals surface area contributed by atoms with Crippen molar-refractivity contribution in [1.29, 1.82) is 0 Å². The van der Waals surface area contributed by atoms with Crippen molar-refractivity contribution in [2.75, 3.05) is 5.32 Å². The van der Waals surface area contributed by atoms with Crippen LogP contribution < -0.4 is 11.1 Å². The highest BCUT2D eigenvalue weighted by molar-refractivity contribution is 14.1.